The maximum atomic E-state index is 11.8. The van der Waals surface area contributed by atoms with E-state index < -0.39 is 0 Å². The third-order valence-electron chi connectivity index (χ3n) is 3.68. The van der Waals surface area contributed by atoms with Gasteiger partial charge in [0.1, 0.15) is 0 Å². The van der Waals surface area contributed by atoms with Gasteiger partial charge in [-0.2, -0.15) is 0 Å². The Morgan fingerprint density at radius 3 is 2.62 bits per heavy atom. The zero-order chi connectivity index (χ0) is 12.3. The standard InChI is InChI=1S/C12H24N2O2/c1-6-16-10-7-9(12(10,2)3)14(5)11(15)8-13-4/h9-10,13H,6-8H2,1-5H3. The van der Waals surface area contributed by atoms with Gasteiger partial charge in [-0.1, -0.05) is 13.8 Å². The van der Waals surface area contributed by atoms with Crippen molar-refractivity contribution in [3.8, 4) is 0 Å². The summed E-state index contributed by atoms with van der Waals surface area (Å²) in [5.41, 5.74) is 0.0637. The number of amides is 1. The summed E-state index contributed by atoms with van der Waals surface area (Å²) < 4.78 is 5.66. The van der Waals surface area contributed by atoms with Crippen molar-refractivity contribution < 1.29 is 9.53 Å². The Morgan fingerprint density at radius 2 is 2.19 bits per heavy atom. The minimum absolute atomic E-state index is 0.0637. The van der Waals surface area contributed by atoms with Crippen LogP contribution in [-0.2, 0) is 9.53 Å². The van der Waals surface area contributed by atoms with Crippen molar-refractivity contribution >= 4 is 5.91 Å². The van der Waals surface area contributed by atoms with Crippen LogP contribution < -0.4 is 5.32 Å². The van der Waals surface area contributed by atoms with E-state index in [1.165, 1.54) is 0 Å². The molecule has 0 aromatic rings. The van der Waals surface area contributed by atoms with Gasteiger partial charge in [0.25, 0.3) is 0 Å². The molecule has 1 fully saturated rings. The van der Waals surface area contributed by atoms with Crippen molar-refractivity contribution in [2.45, 2.75) is 39.3 Å². The first-order valence-electron chi connectivity index (χ1n) is 5.97. The van der Waals surface area contributed by atoms with Crippen molar-refractivity contribution in [1.29, 1.82) is 0 Å². The van der Waals surface area contributed by atoms with Crippen LogP contribution in [0.25, 0.3) is 0 Å². The monoisotopic (exact) mass is 228 g/mol. The number of hydrogen-bond donors (Lipinski definition) is 1. The molecule has 0 aromatic carbocycles. The fourth-order valence-corrected chi connectivity index (χ4v) is 2.46. The molecule has 4 nitrogen and oxygen atoms in total. The van der Waals surface area contributed by atoms with Gasteiger partial charge < -0.3 is 15.0 Å². The van der Waals surface area contributed by atoms with Crippen LogP contribution in [-0.4, -0.2) is 50.2 Å². The van der Waals surface area contributed by atoms with E-state index >= 15 is 0 Å². The molecule has 4 heteroatoms. The lowest BCUT2D eigenvalue weighted by Crippen LogP contribution is -2.63. The molecule has 2 atom stereocenters. The first-order valence-corrected chi connectivity index (χ1v) is 5.97. The van der Waals surface area contributed by atoms with Gasteiger partial charge in [-0.3, -0.25) is 4.79 Å². The molecule has 1 rings (SSSR count). The van der Waals surface area contributed by atoms with Gasteiger partial charge in [0, 0.05) is 25.1 Å². The molecule has 0 spiro atoms. The highest BCUT2D eigenvalue weighted by molar-refractivity contribution is 5.78. The molecule has 0 saturated heterocycles. The quantitative estimate of drug-likeness (QED) is 0.759. The Morgan fingerprint density at radius 1 is 1.56 bits per heavy atom. The van der Waals surface area contributed by atoms with Gasteiger partial charge in [-0.25, -0.2) is 0 Å². The minimum atomic E-state index is 0.0637. The number of carbonyl (C=O) groups is 1. The van der Waals surface area contributed by atoms with Gasteiger partial charge in [0.05, 0.1) is 12.6 Å². The molecule has 1 saturated carbocycles. The summed E-state index contributed by atoms with van der Waals surface area (Å²) >= 11 is 0. The van der Waals surface area contributed by atoms with Gasteiger partial charge in [-0.15, -0.1) is 0 Å². The molecule has 1 N–H and O–H groups in total. The fourth-order valence-electron chi connectivity index (χ4n) is 2.46. The van der Waals surface area contributed by atoms with E-state index in [-0.39, 0.29) is 17.4 Å². The lowest BCUT2D eigenvalue weighted by molar-refractivity contribution is -0.162. The summed E-state index contributed by atoms with van der Waals surface area (Å²) in [5, 5.41) is 2.89. The summed E-state index contributed by atoms with van der Waals surface area (Å²) in [5.74, 6) is 0.149. The van der Waals surface area contributed by atoms with Crippen molar-refractivity contribution in [2.75, 3.05) is 27.2 Å². The van der Waals surface area contributed by atoms with E-state index in [9.17, 15) is 4.79 Å². The first-order chi connectivity index (χ1) is 7.45. The Balaban J connectivity index is 2.54. The summed E-state index contributed by atoms with van der Waals surface area (Å²) in [6.45, 7) is 7.51. The smallest absolute Gasteiger partial charge is 0.236 e. The minimum Gasteiger partial charge on any atom is -0.378 e. The van der Waals surface area contributed by atoms with Crippen LogP contribution in [0.4, 0.5) is 0 Å². The SMILES string of the molecule is CCOC1CC(N(C)C(=O)CNC)C1(C)C. The molecule has 1 aliphatic carbocycles. The summed E-state index contributed by atoms with van der Waals surface area (Å²) in [6.07, 6.45) is 1.24. The van der Waals surface area contributed by atoms with Crippen LogP contribution in [0.2, 0.25) is 0 Å². The molecule has 1 amide bonds. The van der Waals surface area contributed by atoms with E-state index in [1.54, 1.807) is 7.05 Å². The molecule has 0 radical (unpaired) electrons. The highest BCUT2D eigenvalue weighted by atomic mass is 16.5. The molecular formula is C12H24N2O2. The Kier molecular flexibility index (Phi) is 4.33. The van der Waals surface area contributed by atoms with Crippen LogP contribution in [0.3, 0.4) is 0 Å². The number of likely N-dealkylation sites (N-methyl/N-ethyl adjacent to an activating group) is 2. The Bertz CT molecular complexity index is 253. The average molecular weight is 228 g/mol. The third kappa shape index (κ3) is 2.38. The van der Waals surface area contributed by atoms with Crippen LogP contribution in [0.5, 0.6) is 0 Å². The lowest BCUT2D eigenvalue weighted by Gasteiger charge is -2.54. The van der Waals surface area contributed by atoms with Crippen LogP contribution >= 0.6 is 0 Å². The van der Waals surface area contributed by atoms with Crippen LogP contribution in [0, 0.1) is 5.41 Å². The second kappa shape index (κ2) is 5.15. The van der Waals surface area contributed by atoms with Crippen molar-refractivity contribution in [3.63, 3.8) is 0 Å². The second-order valence-electron chi connectivity index (χ2n) is 5.05. The van der Waals surface area contributed by atoms with E-state index in [4.69, 9.17) is 4.74 Å². The maximum absolute atomic E-state index is 11.8. The number of hydrogen-bond acceptors (Lipinski definition) is 3. The third-order valence-corrected chi connectivity index (χ3v) is 3.68. The largest absolute Gasteiger partial charge is 0.378 e. The van der Waals surface area contributed by atoms with E-state index in [0.717, 1.165) is 13.0 Å². The summed E-state index contributed by atoms with van der Waals surface area (Å²) in [7, 11) is 3.68. The molecule has 1 aliphatic rings. The molecule has 2 unspecified atom stereocenters. The molecule has 0 heterocycles. The van der Waals surface area contributed by atoms with Gasteiger partial charge in [0.15, 0.2) is 0 Å². The number of nitrogens with one attached hydrogen (secondary N) is 1. The average Bonchev–Trinajstić information content (AvgIpc) is 2.23. The number of rotatable bonds is 5. The predicted molar refractivity (Wildman–Crippen MR) is 64.3 cm³/mol. The number of carbonyl (C=O) groups excluding carboxylic acids is 1. The zero-order valence-electron chi connectivity index (χ0n) is 11.0. The molecule has 0 aromatic heterocycles. The summed E-state index contributed by atoms with van der Waals surface area (Å²) in [6, 6.07) is 0.296. The summed E-state index contributed by atoms with van der Waals surface area (Å²) in [4.78, 5) is 13.6. The van der Waals surface area contributed by atoms with Crippen LogP contribution in [0.15, 0.2) is 0 Å². The van der Waals surface area contributed by atoms with Gasteiger partial charge >= 0.3 is 0 Å². The first kappa shape index (κ1) is 13.5. The normalized spacial score (nSPS) is 27.3. The molecular weight excluding hydrogens is 204 g/mol. The molecule has 94 valence electrons. The highest BCUT2D eigenvalue weighted by Gasteiger charge is 2.51. The Labute approximate surface area is 98.3 Å². The van der Waals surface area contributed by atoms with E-state index in [2.05, 4.69) is 19.2 Å². The Hall–Kier alpha value is -0.610. The van der Waals surface area contributed by atoms with Gasteiger partial charge in [0.2, 0.25) is 5.91 Å². The zero-order valence-corrected chi connectivity index (χ0v) is 11.0. The van der Waals surface area contributed by atoms with E-state index in [1.807, 2.05) is 18.9 Å². The number of ether oxygens (including phenoxy) is 1. The highest BCUT2D eigenvalue weighted by Crippen LogP contribution is 2.45. The fraction of sp³-hybridized carbons (Fsp3) is 0.917. The van der Waals surface area contributed by atoms with Crippen molar-refractivity contribution in [2.24, 2.45) is 5.41 Å². The van der Waals surface area contributed by atoms with Crippen molar-refractivity contribution in [1.82, 2.24) is 10.2 Å². The molecule has 16 heavy (non-hydrogen) atoms. The van der Waals surface area contributed by atoms with Gasteiger partial charge in [-0.05, 0) is 20.4 Å². The van der Waals surface area contributed by atoms with Crippen LogP contribution in [0.1, 0.15) is 27.2 Å². The molecule has 0 bridgehead atoms. The van der Waals surface area contributed by atoms with Crippen molar-refractivity contribution in [3.05, 3.63) is 0 Å². The maximum Gasteiger partial charge on any atom is 0.236 e. The molecule has 0 aliphatic heterocycles. The van der Waals surface area contributed by atoms with E-state index in [0.29, 0.717) is 12.6 Å². The topological polar surface area (TPSA) is 41.6 Å². The predicted octanol–water partition coefficient (Wildman–Crippen LogP) is 0.868. The number of nitrogens with zero attached hydrogens (tertiary/aromatic N) is 1. The second-order valence-corrected chi connectivity index (χ2v) is 5.05. The lowest BCUT2D eigenvalue weighted by atomic mass is 9.64.